The smallest absolute Gasteiger partial charge is 0.259 e. The number of benzene rings is 2. The number of rotatable bonds is 6. The number of anilines is 1. The second kappa shape index (κ2) is 8.62. The molecular formula is C20H23N3O5S. The van der Waals surface area contributed by atoms with Crippen LogP contribution in [0.5, 0.6) is 5.75 Å². The Hall–Kier alpha value is -2.91. The van der Waals surface area contributed by atoms with Crippen molar-refractivity contribution in [2.45, 2.75) is 30.7 Å². The molecule has 1 aliphatic rings. The van der Waals surface area contributed by atoms with Gasteiger partial charge in [0.25, 0.3) is 5.91 Å². The van der Waals surface area contributed by atoms with Crippen molar-refractivity contribution >= 4 is 27.5 Å². The van der Waals surface area contributed by atoms with Crippen LogP contribution >= 0.6 is 0 Å². The molecule has 0 unspecified atom stereocenters. The molecule has 2 amide bonds. The highest BCUT2D eigenvalue weighted by Gasteiger charge is 2.19. The normalized spacial score (nSPS) is 14.6. The first-order valence-electron chi connectivity index (χ1n) is 9.17. The molecule has 0 bridgehead atoms. The van der Waals surface area contributed by atoms with Crippen LogP contribution in [0.15, 0.2) is 47.4 Å². The molecule has 0 spiro atoms. The lowest BCUT2D eigenvalue weighted by Gasteiger charge is -2.26. The van der Waals surface area contributed by atoms with Gasteiger partial charge in [-0.3, -0.25) is 9.59 Å². The number of likely N-dealkylation sites (tertiary alicyclic amines) is 1. The summed E-state index contributed by atoms with van der Waals surface area (Å²) in [6, 6.07) is 11.0. The Morgan fingerprint density at radius 1 is 1.21 bits per heavy atom. The Morgan fingerprint density at radius 2 is 2.00 bits per heavy atom. The molecule has 2 aromatic rings. The van der Waals surface area contributed by atoms with Crippen LogP contribution in [0.1, 0.15) is 35.2 Å². The van der Waals surface area contributed by atoms with Crippen molar-refractivity contribution in [3.63, 3.8) is 0 Å². The second-order valence-electron chi connectivity index (χ2n) is 6.83. The summed E-state index contributed by atoms with van der Waals surface area (Å²) < 4.78 is 28.4. The molecule has 9 heteroatoms. The molecular weight excluding hydrogens is 394 g/mol. The quantitative estimate of drug-likeness (QED) is 0.746. The van der Waals surface area contributed by atoms with Crippen molar-refractivity contribution in [2.75, 3.05) is 19.0 Å². The molecule has 2 aromatic carbocycles. The van der Waals surface area contributed by atoms with Crippen LogP contribution in [0.3, 0.4) is 0 Å². The van der Waals surface area contributed by atoms with Crippen molar-refractivity contribution in [3.8, 4) is 5.75 Å². The number of hydrogen-bond acceptors (Lipinski definition) is 5. The van der Waals surface area contributed by atoms with Crippen LogP contribution in [0.4, 0.5) is 5.69 Å². The number of nitrogens with one attached hydrogen (secondary N) is 1. The van der Waals surface area contributed by atoms with Gasteiger partial charge in [-0.25, -0.2) is 13.6 Å². The molecule has 0 aromatic heterocycles. The van der Waals surface area contributed by atoms with E-state index in [1.54, 1.807) is 18.2 Å². The predicted octanol–water partition coefficient (Wildman–Crippen LogP) is 2.11. The number of carbonyl (C=O) groups excluding carboxylic acids is 2. The first-order chi connectivity index (χ1) is 13.8. The fraction of sp³-hybridized carbons (Fsp3) is 0.300. The van der Waals surface area contributed by atoms with Crippen molar-refractivity contribution in [1.29, 1.82) is 0 Å². The average molecular weight is 417 g/mol. The maximum Gasteiger partial charge on any atom is 0.259 e. The minimum Gasteiger partial charge on any atom is -0.496 e. The highest BCUT2D eigenvalue weighted by molar-refractivity contribution is 7.89. The fourth-order valence-corrected chi connectivity index (χ4v) is 3.78. The number of methoxy groups -OCH3 is 1. The molecule has 0 radical (unpaired) electrons. The molecule has 1 fully saturated rings. The Labute approximate surface area is 169 Å². The zero-order chi connectivity index (χ0) is 21.0. The average Bonchev–Trinajstić information content (AvgIpc) is 2.69. The van der Waals surface area contributed by atoms with E-state index in [0.29, 0.717) is 18.7 Å². The van der Waals surface area contributed by atoms with Gasteiger partial charge in [-0.15, -0.1) is 0 Å². The monoisotopic (exact) mass is 417 g/mol. The Balaban J connectivity index is 1.80. The SMILES string of the molecule is COc1ccc(S(N)(=O)=O)cc1C(=O)Nc1cccc(CN2CCCCC2=O)c1. The molecule has 0 atom stereocenters. The van der Waals surface area contributed by atoms with E-state index in [-0.39, 0.29) is 22.1 Å². The molecule has 0 aliphatic carbocycles. The number of piperidine rings is 1. The van der Waals surface area contributed by atoms with E-state index < -0.39 is 15.9 Å². The van der Waals surface area contributed by atoms with Crippen LogP contribution in [0.25, 0.3) is 0 Å². The molecule has 3 rings (SSSR count). The van der Waals surface area contributed by atoms with Gasteiger partial charge in [-0.2, -0.15) is 0 Å². The maximum absolute atomic E-state index is 12.7. The Bertz CT molecular complexity index is 1040. The number of nitrogens with two attached hydrogens (primary N) is 1. The van der Waals surface area contributed by atoms with Crippen molar-refractivity contribution < 1.29 is 22.7 Å². The molecule has 1 saturated heterocycles. The summed E-state index contributed by atoms with van der Waals surface area (Å²) in [5.41, 5.74) is 1.47. The molecule has 0 saturated carbocycles. The second-order valence-corrected chi connectivity index (χ2v) is 8.40. The van der Waals surface area contributed by atoms with Gasteiger partial charge in [-0.1, -0.05) is 12.1 Å². The minimum absolute atomic E-state index is 0.0515. The van der Waals surface area contributed by atoms with E-state index in [4.69, 9.17) is 9.88 Å². The summed E-state index contributed by atoms with van der Waals surface area (Å²) in [6.45, 7) is 1.21. The van der Waals surface area contributed by atoms with Crippen molar-refractivity contribution in [1.82, 2.24) is 4.90 Å². The Kier molecular flexibility index (Phi) is 6.19. The molecule has 154 valence electrons. The van der Waals surface area contributed by atoms with Gasteiger partial charge in [-0.05, 0) is 48.7 Å². The predicted molar refractivity (Wildman–Crippen MR) is 108 cm³/mol. The van der Waals surface area contributed by atoms with Gasteiger partial charge in [0.1, 0.15) is 5.75 Å². The number of primary sulfonamides is 1. The third-order valence-electron chi connectivity index (χ3n) is 4.72. The molecule has 1 aliphatic heterocycles. The van der Waals surface area contributed by atoms with Crippen LogP contribution in [0.2, 0.25) is 0 Å². The van der Waals surface area contributed by atoms with Gasteiger partial charge in [0.2, 0.25) is 15.9 Å². The van der Waals surface area contributed by atoms with Crippen LogP contribution in [-0.2, 0) is 21.4 Å². The van der Waals surface area contributed by atoms with Crippen LogP contribution in [0, 0.1) is 0 Å². The van der Waals surface area contributed by atoms with Gasteiger partial charge < -0.3 is 15.0 Å². The summed E-state index contributed by atoms with van der Waals surface area (Å²) in [5, 5.41) is 7.90. The number of amides is 2. The molecule has 8 nitrogen and oxygen atoms in total. The van der Waals surface area contributed by atoms with E-state index >= 15 is 0 Å². The maximum atomic E-state index is 12.7. The van der Waals surface area contributed by atoms with E-state index in [0.717, 1.165) is 24.9 Å². The van der Waals surface area contributed by atoms with Gasteiger partial charge in [0, 0.05) is 25.2 Å². The van der Waals surface area contributed by atoms with Crippen molar-refractivity contribution in [3.05, 3.63) is 53.6 Å². The first kappa shape index (κ1) is 20.8. The first-order valence-corrected chi connectivity index (χ1v) is 10.7. The molecule has 29 heavy (non-hydrogen) atoms. The highest BCUT2D eigenvalue weighted by Crippen LogP contribution is 2.24. The summed E-state index contributed by atoms with van der Waals surface area (Å²) in [7, 11) is -2.57. The standard InChI is InChI=1S/C20H23N3O5S/c1-28-18-9-8-16(29(21,26)27)12-17(18)20(25)22-15-6-4-5-14(11-15)13-23-10-3-2-7-19(23)24/h4-6,8-9,11-12H,2-3,7,10,13H2,1H3,(H,22,25)(H2,21,26,27). The van der Waals surface area contributed by atoms with Crippen molar-refractivity contribution in [2.24, 2.45) is 5.14 Å². The van der Waals surface area contributed by atoms with Crippen LogP contribution in [-0.4, -0.2) is 38.8 Å². The zero-order valence-corrected chi connectivity index (χ0v) is 16.9. The van der Waals surface area contributed by atoms with E-state index in [9.17, 15) is 18.0 Å². The zero-order valence-electron chi connectivity index (χ0n) is 16.1. The lowest BCUT2D eigenvalue weighted by Crippen LogP contribution is -2.34. The van der Waals surface area contributed by atoms with Crippen LogP contribution < -0.4 is 15.2 Å². The lowest BCUT2D eigenvalue weighted by molar-refractivity contribution is -0.133. The largest absolute Gasteiger partial charge is 0.496 e. The highest BCUT2D eigenvalue weighted by atomic mass is 32.2. The fourth-order valence-electron chi connectivity index (χ4n) is 3.24. The molecule has 1 heterocycles. The van der Waals surface area contributed by atoms with Gasteiger partial charge in [0.05, 0.1) is 17.6 Å². The summed E-state index contributed by atoms with van der Waals surface area (Å²) in [6.07, 6.45) is 2.48. The van der Waals surface area contributed by atoms with E-state index in [1.807, 2.05) is 11.0 Å². The van der Waals surface area contributed by atoms with E-state index in [2.05, 4.69) is 5.32 Å². The number of nitrogens with zero attached hydrogens (tertiary/aromatic N) is 1. The topological polar surface area (TPSA) is 119 Å². The third-order valence-corrected chi connectivity index (χ3v) is 5.63. The van der Waals surface area contributed by atoms with Gasteiger partial charge in [0.15, 0.2) is 0 Å². The summed E-state index contributed by atoms with van der Waals surface area (Å²) in [4.78, 5) is 26.4. The summed E-state index contributed by atoms with van der Waals surface area (Å²) >= 11 is 0. The summed E-state index contributed by atoms with van der Waals surface area (Å²) in [5.74, 6) is -0.168. The number of sulfonamides is 1. The van der Waals surface area contributed by atoms with E-state index in [1.165, 1.54) is 25.3 Å². The number of hydrogen-bond donors (Lipinski definition) is 2. The molecule has 3 N–H and O–H groups in total. The number of carbonyl (C=O) groups is 2. The third kappa shape index (κ3) is 5.12. The Morgan fingerprint density at radius 3 is 2.69 bits per heavy atom. The van der Waals surface area contributed by atoms with Gasteiger partial charge >= 0.3 is 0 Å². The minimum atomic E-state index is -3.96. The number of ether oxygens (including phenoxy) is 1. The lowest BCUT2D eigenvalue weighted by atomic mass is 10.1.